The Morgan fingerprint density at radius 1 is 1.24 bits per heavy atom. The van der Waals surface area contributed by atoms with Crippen molar-refractivity contribution in [2.75, 3.05) is 6.54 Å². The average Bonchev–Trinajstić information content (AvgIpc) is 2.42. The zero-order valence-electron chi connectivity index (χ0n) is 12.7. The van der Waals surface area contributed by atoms with Gasteiger partial charge in [0.25, 0.3) is 0 Å². The maximum Gasteiger partial charge on any atom is 0.123 e. The molecule has 3 rings (SSSR count). The lowest BCUT2D eigenvalue weighted by Gasteiger charge is -2.37. The van der Waals surface area contributed by atoms with Gasteiger partial charge in [0.15, 0.2) is 0 Å². The molecule has 0 aliphatic heterocycles. The minimum absolute atomic E-state index is 0.138. The Morgan fingerprint density at radius 2 is 2.05 bits per heavy atom. The van der Waals surface area contributed by atoms with Gasteiger partial charge in [-0.3, -0.25) is 0 Å². The zero-order valence-corrected chi connectivity index (χ0v) is 12.7. The number of hydrogen-bond donors (Lipinski definition) is 1. The molecule has 0 heterocycles. The van der Waals surface area contributed by atoms with Crippen LogP contribution in [0.1, 0.15) is 47.6 Å². The van der Waals surface area contributed by atoms with Gasteiger partial charge >= 0.3 is 0 Å². The number of fused-ring (bicyclic) bond motifs is 1. The fourth-order valence-corrected chi connectivity index (χ4v) is 3.33. The Balaban J connectivity index is 1.92. The molecule has 2 aromatic carbocycles. The van der Waals surface area contributed by atoms with E-state index in [4.69, 9.17) is 0 Å². The number of rotatable bonds is 5. The van der Waals surface area contributed by atoms with Crippen LogP contribution in [-0.4, -0.2) is 6.54 Å². The van der Waals surface area contributed by atoms with E-state index in [9.17, 15) is 4.39 Å². The first kappa shape index (κ1) is 14.3. The molecule has 0 fully saturated rings. The summed E-state index contributed by atoms with van der Waals surface area (Å²) in [5.74, 6) is 0.315. The Hall–Kier alpha value is -1.67. The van der Waals surface area contributed by atoms with E-state index in [0.717, 1.165) is 30.5 Å². The molecule has 0 saturated heterocycles. The lowest BCUT2D eigenvalue weighted by Crippen LogP contribution is -2.33. The van der Waals surface area contributed by atoms with E-state index in [1.165, 1.54) is 11.1 Å². The maximum absolute atomic E-state index is 13.8. The minimum atomic E-state index is -0.138. The van der Waals surface area contributed by atoms with Crippen molar-refractivity contribution in [2.45, 2.75) is 38.6 Å². The summed E-state index contributed by atoms with van der Waals surface area (Å²) < 4.78 is 13.8. The third kappa shape index (κ3) is 2.86. The molecule has 2 unspecified atom stereocenters. The fraction of sp³-hybridized carbons (Fsp3) is 0.368. The van der Waals surface area contributed by atoms with Crippen molar-refractivity contribution in [3.05, 3.63) is 70.5 Å². The van der Waals surface area contributed by atoms with Crippen molar-refractivity contribution in [1.82, 2.24) is 5.32 Å². The van der Waals surface area contributed by atoms with Gasteiger partial charge in [-0.2, -0.15) is 0 Å². The minimum Gasteiger partial charge on any atom is -0.309 e. The molecule has 21 heavy (non-hydrogen) atoms. The van der Waals surface area contributed by atoms with E-state index < -0.39 is 0 Å². The van der Waals surface area contributed by atoms with Gasteiger partial charge < -0.3 is 5.32 Å². The van der Waals surface area contributed by atoms with Crippen LogP contribution >= 0.6 is 0 Å². The van der Waals surface area contributed by atoms with Gasteiger partial charge in [0.05, 0.1) is 0 Å². The highest BCUT2D eigenvalue weighted by atomic mass is 19.1. The summed E-state index contributed by atoms with van der Waals surface area (Å²) in [7, 11) is 0. The molecule has 110 valence electrons. The van der Waals surface area contributed by atoms with Crippen molar-refractivity contribution in [3.8, 4) is 0 Å². The van der Waals surface area contributed by atoms with Crippen LogP contribution in [0.5, 0.6) is 0 Å². The summed E-state index contributed by atoms with van der Waals surface area (Å²) in [5.41, 5.74) is 4.90. The Bertz CT molecular complexity index is 615. The average molecular weight is 283 g/mol. The molecule has 2 atom stereocenters. The van der Waals surface area contributed by atoms with Crippen molar-refractivity contribution in [3.63, 3.8) is 0 Å². The van der Waals surface area contributed by atoms with E-state index >= 15 is 0 Å². The predicted molar refractivity (Wildman–Crippen MR) is 85.1 cm³/mol. The number of benzene rings is 2. The van der Waals surface area contributed by atoms with E-state index in [-0.39, 0.29) is 11.9 Å². The molecule has 2 aromatic rings. The molecule has 1 nitrogen and oxygen atoms in total. The summed E-state index contributed by atoms with van der Waals surface area (Å²) >= 11 is 0. The third-order valence-electron chi connectivity index (χ3n) is 4.33. The second-order valence-corrected chi connectivity index (χ2v) is 6.00. The van der Waals surface area contributed by atoms with Crippen LogP contribution in [0.3, 0.4) is 0 Å². The van der Waals surface area contributed by atoms with Gasteiger partial charge in [-0.1, -0.05) is 37.3 Å². The maximum atomic E-state index is 13.8. The molecule has 1 N–H and O–H groups in total. The lowest BCUT2D eigenvalue weighted by molar-refractivity contribution is 0.410. The quantitative estimate of drug-likeness (QED) is 0.851. The molecule has 0 spiro atoms. The second-order valence-electron chi connectivity index (χ2n) is 6.00. The summed E-state index contributed by atoms with van der Waals surface area (Å²) in [6.07, 6.45) is 2.16. The van der Waals surface area contributed by atoms with Gasteiger partial charge in [-0.25, -0.2) is 4.39 Å². The Morgan fingerprint density at radius 3 is 2.76 bits per heavy atom. The molecule has 0 bridgehead atoms. The molecule has 0 amide bonds. The number of nitrogens with one attached hydrogen (secondary N) is 1. The zero-order chi connectivity index (χ0) is 14.8. The smallest absolute Gasteiger partial charge is 0.123 e. The largest absolute Gasteiger partial charge is 0.309 e. The van der Waals surface area contributed by atoms with E-state index in [1.54, 1.807) is 12.1 Å². The summed E-state index contributed by atoms with van der Waals surface area (Å²) in [6, 6.07) is 14.2. The number of halogens is 1. The first-order valence-electron chi connectivity index (χ1n) is 7.77. The topological polar surface area (TPSA) is 12.0 Å². The van der Waals surface area contributed by atoms with Gasteiger partial charge in [0.1, 0.15) is 5.82 Å². The molecule has 0 aromatic heterocycles. The summed E-state index contributed by atoms with van der Waals surface area (Å²) in [6.45, 7) is 5.08. The van der Waals surface area contributed by atoms with Gasteiger partial charge in [0, 0.05) is 12.0 Å². The Kier molecular flexibility index (Phi) is 4.07. The van der Waals surface area contributed by atoms with Crippen LogP contribution in [0.15, 0.2) is 42.5 Å². The highest BCUT2D eigenvalue weighted by Crippen LogP contribution is 2.43. The van der Waals surface area contributed by atoms with E-state index in [1.807, 2.05) is 6.92 Å². The second kappa shape index (κ2) is 5.98. The molecule has 1 aliphatic carbocycles. The van der Waals surface area contributed by atoms with Crippen molar-refractivity contribution in [2.24, 2.45) is 0 Å². The van der Waals surface area contributed by atoms with Crippen LogP contribution < -0.4 is 5.32 Å². The van der Waals surface area contributed by atoms with Crippen LogP contribution in [0.25, 0.3) is 0 Å². The third-order valence-corrected chi connectivity index (χ3v) is 4.33. The standard InChI is InChI=1S/C19H22FN/c1-3-8-21-19(15-9-13(2)10-16(20)11-15)18-12-14-6-4-5-7-17(14)18/h4-7,9-11,18-19,21H,3,8,12H2,1-2H3. The summed E-state index contributed by atoms with van der Waals surface area (Å²) in [5, 5.41) is 3.62. The van der Waals surface area contributed by atoms with Gasteiger partial charge in [-0.05, 0) is 60.7 Å². The van der Waals surface area contributed by atoms with Crippen LogP contribution in [0.2, 0.25) is 0 Å². The lowest BCUT2D eigenvalue weighted by atomic mass is 9.71. The van der Waals surface area contributed by atoms with Gasteiger partial charge in [0.2, 0.25) is 0 Å². The number of hydrogen-bond acceptors (Lipinski definition) is 1. The normalized spacial score (nSPS) is 18.0. The number of aryl methyl sites for hydroxylation is 1. The SMILES string of the molecule is CCCNC(c1cc(C)cc(F)c1)C1Cc2ccccc21. The van der Waals surface area contributed by atoms with Crippen LogP contribution in [0.4, 0.5) is 4.39 Å². The molecule has 2 heteroatoms. The Labute approximate surface area is 126 Å². The highest BCUT2D eigenvalue weighted by Gasteiger charge is 2.33. The van der Waals surface area contributed by atoms with E-state index in [2.05, 4.69) is 42.6 Å². The van der Waals surface area contributed by atoms with Gasteiger partial charge in [-0.15, -0.1) is 0 Å². The van der Waals surface area contributed by atoms with Crippen LogP contribution in [-0.2, 0) is 6.42 Å². The van der Waals surface area contributed by atoms with Crippen LogP contribution in [0, 0.1) is 12.7 Å². The first-order chi connectivity index (χ1) is 10.2. The molecular weight excluding hydrogens is 261 g/mol. The monoisotopic (exact) mass is 283 g/mol. The molecular formula is C19H22FN. The predicted octanol–water partition coefficient (Wildman–Crippen LogP) is 4.51. The van der Waals surface area contributed by atoms with Crippen molar-refractivity contribution in [1.29, 1.82) is 0 Å². The van der Waals surface area contributed by atoms with Crippen molar-refractivity contribution < 1.29 is 4.39 Å². The summed E-state index contributed by atoms with van der Waals surface area (Å²) in [4.78, 5) is 0. The molecule has 1 aliphatic rings. The van der Waals surface area contributed by atoms with Crippen molar-refractivity contribution >= 4 is 0 Å². The first-order valence-corrected chi connectivity index (χ1v) is 7.77. The van der Waals surface area contributed by atoms with E-state index in [0.29, 0.717) is 5.92 Å². The molecule has 0 radical (unpaired) electrons. The highest BCUT2D eigenvalue weighted by molar-refractivity contribution is 5.43. The fourth-order valence-electron chi connectivity index (χ4n) is 3.33. The molecule has 0 saturated carbocycles.